The van der Waals surface area contributed by atoms with Crippen LogP contribution in [0.1, 0.15) is 6.42 Å². The number of para-hydroxylation sites is 1. The molecule has 112 valence electrons. The molecule has 2 aromatic rings. The van der Waals surface area contributed by atoms with E-state index in [-0.39, 0.29) is 10.7 Å². The number of nitrogen functional groups attached to an aromatic ring is 1. The van der Waals surface area contributed by atoms with Crippen molar-refractivity contribution in [3.63, 3.8) is 0 Å². The van der Waals surface area contributed by atoms with E-state index < -0.39 is 10.0 Å². The smallest absolute Gasteiger partial charge is 0.242 e. The Morgan fingerprint density at radius 3 is 2.57 bits per heavy atom. The zero-order valence-electron chi connectivity index (χ0n) is 11.4. The Kier molecular flexibility index (Phi) is 5.13. The predicted molar refractivity (Wildman–Crippen MR) is 80.4 cm³/mol. The van der Waals surface area contributed by atoms with E-state index >= 15 is 0 Å². The van der Waals surface area contributed by atoms with Gasteiger partial charge in [-0.25, -0.2) is 18.1 Å². The number of hydrogen-bond acceptors (Lipinski definition) is 5. The van der Waals surface area contributed by atoms with Crippen LogP contribution in [0.2, 0.25) is 0 Å². The van der Waals surface area contributed by atoms with Crippen LogP contribution in [-0.4, -0.2) is 26.6 Å². The van der Waals surface area contributed by atoms with Crippen LogP contribution >= 0.6 is 0 Å². The van der Waals surface area contributed by atoms with Crippen LogP contribution < -0.4 is 15.2 Å². The van der Waals surface area contributed by atoms with Gasteiger partial charge in [0.1, 0.15) is 16.5 Å². The first-order valence-corrected chi connectivity index (χ1v) is 7.95. The maximum atomic E-state index is 11.9. The van der Waals surface area contributed by atoms with Gasteiger partial charge in [-0.05, 0) is 30.7 Å². The van der Waals surface area contributed by atoms with Crippen LogP contribution in [0.5, 0.6) is 5.75 Å². The van der Waals surface area contributed by atoms with Gasteiger partial charge in [0.15, 0.2) is 0 Å². The van der Waals surface area contributed by atoms with E-state index in [2.05, 4.69) is 9.71 Å². The molecule has 0 aliphatic heterocycles. The van der Waals surface area contributed by atoms with E-state index in [4.69, 9.17) is 10.5 Å². The van der Waals surface area contributed by atoms with Gasteiger partial charge < -0.3 is 10.5 Å². The van der Waals surface area contributed by atoms with Crippen molar-refractivity contribution in [2.75, 3.05) is 18.9 Å². The number of nitrogens with two attached hydrogens (primary N) is 1. The summed E-state index contributed by atoms with van der Waals surface area (Å²) in [6.45, 7) is 0.728. The summed E-state index contributed by atoms with van der Waals surface area (Å²) in [6, 6.07) is 12.2. The highest BCUT2D eigenvalue weighted by atomic mass is 32.2. The van der Waals surface area contributed by atoms with Crippen molar-refractivity contribution in [3.8, 4) is 5.75 Å². The molecule has 0 bridgehead atoms. The average molecular weight is 307 g/mol. The maximum Gasteiger partial charge on any atom is 0.242 e. The summed E-state index contributed by atoms with van der Waals surface area (Å²) < 4.78 is 31.9. The monoisotopic (exact) mass is 307 g/mol. The fourth-order valence-electron chi connectivity index (χ4n) is 1.62. The van der Waals surface area contributed by atoms with Crippen molar-refractivity contribution in [1.82, 2.24) is 9.71 Å². The molecule has 1 aromatic carbocycles. The summed E-state index contributed by atoms with van der Waals surface area (Å²) in [5.74, 6) is 1.05. The Morgan fingerprint density at radius 1 is 1.14 bits per heavy atom. The number of nitrogens with zero attached hydrogens (tertiary/aromatic N) is 1. The SMILES string of the molecule is Nc1ccc(S(=O)(=O)NCCCOc2ccccc2)cn1. The molecule has 21 heavy (non-hydrogen) atoms. The molecule has 6 nitrogen and oxygen atoms in total. The molecule has 0 aliphatic carbocycles. The van der Waals surface area contributed by atoms with E-state index in [0.29, 0.717) is 19.6 Å². The van der Waals surface area contributed by atoms with Gasteiger partial charge in [-0.15, -0.1) is 0 Å². The molecule has 0 radical (unpaired) electrons. The van der Waals surface area contributed by atoms with Crippen LogP contribution in [-0.2, 0) is 10.0 Å². The number of aromatic nitrogens is 1. The molecule has 7 heteroatoms. The number of rotatable bonds is 7. The first-order chi connectivity index (χ1) is 10.1. The number of pyridine rings is 1. The van der Waals surface area contributed by atoms with Crippen molar-refractivity contribution in [1.29, 1.82) is 0 Å². The van der Waals surface area contributed by atoms with Crippen molar-refractivity contribution in [3.05, 3.63) is 48.7 Å². The number of benzene rings is 1. The number of anilines is 1. The highest BCUT2D eigenvalue weighted by Gasteiger charge is 2.13. The molecule has 0 atom stereocenters. The zero-order valence-corrected chi connectivity index (χ0v) is 12.2. The lowest BCUT2D eigenvalue weighted by atomic mass is 10.3. The molecule has 0 spiro atoms. The lowest BCUT2D eigenvalue weighted by molar-refractivity contribution is 0.311. The van der Waals surface area contributed by atoms with Crippen LogP contribution in [0.25, 0.3) is 0 Å². The third-order valence-electron chi connectivity index (χ3n) is 2.69. The molecule has 0 saturated carbocycles. The van der Waals surface area contributed by atoms with Gasteiger partial charge in [-0.2, -0.15) is 0 Å². The molecule has 1 heterocycles. The molecular formula is C14H17N3O3S. The molecule has 0 fully saturated rings. The highest BCUT2D eigenvalue weighted by molar-refractivity contribution is 7.89. The second-order valence-electron chi connectivity index (χ2n) is 4.33. The van der Waals surface area contributed by atoms with Gasteiger partial charge in [0.05, 0.1) is 6.61 Å². The van der Waals surface area contributed by atoms with Gasteiger partial charge in [-0.1, -0.05) is 18.2 Å². The molecule has 1 aromatic heterocycles. The second-order valence-corrected chi connectivity index (χ2v) is 6.10. The summed E-state index contributed by atoms with van der Waals surface area (Å²) in [6.07, 6.45) is 1.80. The summed E-state index contributed by atoms with van der Waals surface area (Å²) in [4.78, 5) is 3.86. The first-order valence-electron chi connectivity index (χ1n) is 6.47. The first kappa shape index (κ1) is 15.3. The van der Waals surface area contributed by atoms with E-state index in [9.17, 15) is 8.42 Å². The molecule has 0 saturated heterocycles. The van der Waals surface area contributed by atoms with Gasteiger partial charge in [0.2, 0.25) is 10.0 Å². The highest BCUT2D eigenvalue weighted by Crippen LogP contribution is 2.09. The standard InChI is InChI=1S/C14H17N3O3S/c15-14-8-7-13(11-16-14)21(18,19)17-9-4-10-20-12-5-2-1-3-6-12/h1-3,5-8,11,17H,4,9-10H2,(H2,15,16). The van der Waals surface area contributed by atoms with Crippen molar-refractivity contribution < 1.29 is 13.2 Å². The molecule has 0 unspecified atom stereocenters. The topological polar surface area (TPSA) is 94.3 Å². The number of nitrogens with one attached hydrogen (secondary N) is 1. The van der Waals surface area contributed by atoms with Gasteiger partial charge >= 0.3 is 0 Å². The fraction of sp³-hybridized carbons (Fsp3) is 0.214. The minimum Gasteiger partial charge on any atom is -0.494 e. The lowest BCUT2D eigenvalue weighted by Crippen LogP contribution is -2.26. The molecule has 0 aliphatic rings. The minimum atomic E-state index is -3.55. The quantitative estimate of drug-likeness (QED) is 0.754. The molecular weight excluding hydrogens is 290 g/mol. The minimum absolute atomic E-state index is 0.0978. The van der Waals surface area contributed by atoms with E-state index in [0.717, 1.165) is 5.75 Å². The zero-order chi connectivity index (χ0) is 15.1. The summed E-state index contributed by atoms with van der Waals surface area (Å²) in [7, 11) is -3.55. The van der Waals surface area contributed by atoms with E-state index in [1.54, 1.807) is 0 Å². The van der Waals surface area contributed by atoms with Crippen LogP contribution in [0.3, 0.4) is 0 Å². The van der Waals surface area contributed by atoms with Crippen molar-refractivity contribution in [2.24, 2.45) is 0 Å². The van der Waals surface area contributed by atoms with Gasteiger partial charge in [-0.3, -0.25) is 0 Å². The second kappa shape index (κ2) is 7.05. The third-order valence-corrected chi connectivity index (χ3v) is 4.14. The average Bonchev–Trinajstić information content (AvgIpc) is 2.48. The number of ether oxygens (including phenoxy) is 1. The van der Waals surface area contributed by atoms with Crippen molar-refractivity contribution >= 4 is 15.8 Å². The fourth-order valence-corrected chi connectivity index (χ4v) is 2.64. The van der Waals surface area contributed by atoms with E-state index in [1.165, 1.54) is 18.3 Å². The van der Waals surface area contributed by atoms with Crippen LogP contribution in [0, 0.1) is 0 Å². The number of sulfonamides is 1. The maximum absolute atomic E-state index is 11.9. The van der Waals surface area contributed by atoms with Gasteiger partial charge in [0.25, 0.3) is 0 Å². The Morgan fingerprint density at radius 2 is 1.90 bits per heavy atom. The Labute approximate surface area is 124 Å². The lowest BCUT2D eigenvalue weighted by Gasteiger charge is -2.08. The Balaban J connectivity index is 1.76. The van der Waals surface area contributed by atoms with E-state index in [1.807, 2.05) is 30.3 Å². The predicted octanol–water partition coefficient (Wildman–Crippen LogP) is 1.41. The molecule has 3 N–H and O–H groups in total. The largest absolute Gasteiger partial charge is 0.494 e. The number of hydrogen-bond donors (Lipinski definition) is 2. The summed E-state index contributed by atoms with van der Waals surface area (Å²) >= 11 is 0. The molecule has 2 rings (SSSR count). The molecule has 0 amide bonds. The van der Waals surface area contributed by atoms with Crippen molar-refractivity contribution in [2.45, 2.75) is 11.3 Å². The van der Waals surface area contributed by atoms with Gasteiger partial charge in [0, 0.05) is 12.7 Å². The third kappa shape index (κ3) is 4.73. The van der Waals surface area contributed by atoms with Crippen LogP contribution in [0.4, 0.5) is 5.82 Å². The van der Waals surface area contributed by atoms with Crippen LogP contribution in [0.15, 0.2) is 53.6 Å². The Hall–Kier alpha value is -2.12. The summed E-state index contributed by atoms with van der Waals surface area (Å²) in [5.41, 5.74) is 5.42. The normalized spacial score (nSPS) is 11.2. The summed E-state index contributed by atoms with van der Waals surface area (Å²) in [5, 5.41) is 0. The Bertz CT molecular complexity index is 658.